The molecule has 0 aliphatic rings. The smallest absolute Gasteiger partial charge is 0.337 e. The average Bonchev–Trinajstić information content (AvgIpc) is 2.51. The number of carboxylic acid groups (broad SMARTS) is 2. The van der Waals surface area contributed by atoms with Crippen molar-refractivity contribution in [2.24, 2.45) is 0 Å². The Morgan fingerprint density at radius 1 is 0.850 bits per heavy atom. The molecule has 0 aliphatic carbocycles. The van der Waals surface area contributed by atoms with Crippen LogP contribution in [0.5, 0.6) is 0 Å². The average molecular weight is 276 g/mol. The van der Waals surface area contributed by atoms with Crippen LogP contribution in [0.25, 0.3) is 0 Å². The zero-order chi connectivity index (χ0) is 15.4. The number of rotatable bonds is 2. The number of carbonyl (C=O) groups is 3. The second-order valence-corrected chi connectivity index (χ2v) is 3.09. The maximum absolute atomic E-state index is 10.2. The van der Waals surface area contributed by atoms with Crippen LogP contribution < -0.4 is 0 Å². The molecule has 0 radical (unpaired) electrons. The summed E-state index contributed by atoms with van der Waals surface area (Å²) in [6.45, 7) is 2.00. The molecule has 2 aromatic rings. The summed E-state index contributed by atoms with van der Waals surface area (Å²) >= 11 is 0. The zero-order valence-corrected chi connectivity index (χ0v) is 10.3. The molecule has 0 aliphatic heterocycles. The number of hydrogen-bond donors (Lipinski definition) is 2. The summed E-state index contributed by atoms with van der Waals surface area (Å²) in [6, 6.07) is 6.16. The largest absolute Gasteiger partial charge is 0.478 e. The highest BCUT2D eigenvalue weighted by Crippen LogP contribution is 1.93. The summed E-state index contributed by atoms with van der Waals surface area (Å²) in [4.78, 5) is 35.6. The number of hydrogen-bond acceptors (Lipinski definition) is 5. The normalized spacial score (nSPS) is 8.20. The Balaban J connectivity index is 0.000000321. The second-order valence-electron chi connectivity index (χ2n) is 3.09. The van der Waals surface area contributed by atoms with Crippen LogP contribution in [-0.4, -0.2) is 38.9 Å². The van der Waals surface area contributed by atoms with Gasteiger partial charge in [0.05, 0.1) is 11.1 Å². The van der Waals surface area contributed by atoms with Crippen LogP contribution in [0, 0.1) is 0 Å². The minimum atomic E-state index is -0.942. The van der Waals surface area contributed by atoms with Gasteiger partial charge < -0.3 is 15.0 Å². The molecule has 0 amide bonds. The Hall–Kier alpha value is -3.09. The molecule has 2 heterocycles. The van der Waals surface area contributed by atoms with E-state index in [1.807, 2.05) is 6.79 Å². The molecule has 2 rings (SSSR count). The molecule has 0 atom stereocenters. The van der Waals surface area contributed by atoms with Crippen molar-refractivity contribution >= 4 is 18.7 Å². The number of nitrogens with zero attached hydrogens (tertiary/aromatic N) is 2. The van der Waals surface area contributed by atoms with Crippen molar-refractivity contribution < 1.29 is 24.6 Å². The summed E-state index contributed by atoms with van der Waals surface area (Å²) < 4.78 is 0. The lowest BCUT2D eigenvalue weighted by Crippen LogP contribution is -1.94. The van der Waals surface area contributed by atoms with E-state index in [1.165, 1.54) is 36.9 Å². The van der Waals surface area contributed by atoms with Gasteiger partial charge in [-0.05, 0) is 24.3 Å². The highest BCUT2D eigenvalue weighted by atomic mass is 16.4. The predicted octanol–water partition coefficient (Wildman–Crippen LogP) is 1.37. The Labute approximate surface area is 114 Å². The fourth-order valence-electron chi connectivity index (χ4n) is 0.979. The first-order valence-corrected chi connectivity index (χ1v) is 5.16. The molecule has 2 N–H and O–H groups in total. The van der Waals surface area contributed by atoms with E-state index < -0.39 is 11.9 Å². The summed E-state index contributed by atoms with van der Waals surface area (Å²) in [5.41, 5.74) is 0.440. The monoisotopic (exact) mass is 276 g/mol. The van der Waals surface area contributed by atoms with E-state index in [0.717, 1.165) is 0 Å². The van der Waals surface area contributed by atoms with Crippen molar-refractivity contribution in [1.29, 1.82) is 0 Å². The van der Waals surface area contributed by atoms with Crippen LogP contribution in [-0.2, 0) is 4.79 Å². The maximum Gasteiger partial charge on any atom is 0.337 e. The summed E-state index contributed by atoms with van der Waals surface area (Å²) in [5.74, 6) is -1.88. The highest BCUT2D eigenvalue weighted by molar-refractivity contribution is 5.87. The molecule has 0 spiro atoms. The lowest BCUT2D eigenvalue weighted by Gasteiger charge is -1.87. The first-order chi connectivity index (χ1) is 9.61. The number of pyridine rings is 2. The molecule has 0 aromatic carbocycles. The van der Waals surface area contributed by atoms with Gasteiger partial charge in [-0.25, -0.2) is 9.59 Å². The molecule has 2 aromatic heterocycles. The highest BCUT2D eigenvalue weighted by Gasteiger charge is 1.98. The number of aromatic nitrogens is 2. The van der Waals surface area contributed by atoms with Gasteiger partial charge in [0.15, 0.2) is 0 Å². The lowest BCUT2D eigenvalue weighted by molar-refractivity contribution is -0.0980. The minimum Gasteiger partial charge on any atom is -0.478 e. The van der Waals surface area contributed by atoms with E-state index in [9.17, 15) is 9.59 Å². The molecule has 0 saturated heterocycles. The molecule has 0 unspecified atom stereocenters. The van der Waals surface area contributed by atoms with Crippen LogP contribution in [0.15, 0.2) is 49.1 Å². The second kappa shape index (κ2) is 9.89. The van der Waals surface area contributed by atoms with E-state index >= 15 is 0 Å². The molecular weight excluding hydrogens is 264 g/mol. The summed E-state index contributed by atoms with van der Waals surface area (Å²) in [7, 11) is 0. The summed E-state index contributed by atoms with van der Waals surface area (Å²) in [6.07, 6.45) is 5.68. The van der Waals surface area contributed by atoms with Gasteiger partial charge in [0.1, 0.15) is 6.79 Å². The standard InChI is InChI=1S/2C6H5NO2.CH2O/c2*8-6(9)5-2-1-3-7-4-5;1-2/h2*1-4H,(H,8,9);1H2. The number of carbonyl (C=O) groups excluding carboxylic acids is 1. The van der Waals surface area contributed by atoms with Gasteiger partial charge in [-0.15, -0.1) is 0 Å². The number of carboxylic acids is 2. The van der Waals surface area contributed by atoms with Gasteiger partial charge in [0.25, 0.3) is 0 Å². The first-order valence-electron chi connectivity index (χ1n) is 5.16. The van der Waals surface area contributed by atoms with E-state index in [-0.39, 0.29) is 11.1 Å². The van der Waals surface area contributed by atoms with Gasteiger partial charge in [0.2, 0.25) is 0 Å². The Morgan fingerprint density at radius 3 is 1.35 bits per heavy atom. The fourth-order valence-corrected chi connectivity index (χ4v) is 0.979. The molecule has 0 bridgehead atoms. The van der Waals surface area contributed by atoms with Gasteiger partial charge >= 0.3 is 11.9 Å². The van der Waals surface area contributed by atoms with Gasteiger partial charge in [-0.2, -0.15) is 0 Å². The lowest BCUT2D eigenvalue weighted by atomic mass is 10.3. The van der Waals surface area contributed by atoms with E-state index in [4.69, 9.17) is 15.0 Å². The first kappa shape index (κ1) is 16.9. The van der Waals surface area contributed by atoms with Crippen LogP contribution in [0.1, 0.15) is 20.7 Å². The summed E-state index contributed by atoms with van der Waals surface area (Å²) in [5, 5.41) is 16.7. The molecule has 0 saturated carbocycles. The van der Waals surface area contributed by atoms with Crippen molar-refractivity contribution in [2.75, 3.05) is 0 Å². The van der Waals surface area contributed by atoms with E-state index in [0.29, 0.717) is 0 Å². The van der Waals surface area contributed by atoms with E-state index in [2.05, 4.69) is 9.97 Å². The van der Waals surface area contributed by atoms with Gasteiger partial charge in [-0.1, -0.05) is 0 Å². The molecule has 20 heavy (non-hydrogen) atoms. The van der Waals surface area contributed by atoms with Crippen molar-refractivity contribution in [3.8, 4) is 0 Å². The van der Waals surface area contributed by atoms with Crippen LogP contribution in [0.3, 0.4) is 0 Å². The third-order valence-corrected chi connectivity index (χ3v) is 1.82. The third kappa shape index (κ3) is 6.60. The SMILES string of the molecule is C=O.O=C(O)c1cccnc1.O=C(O)c1cccnc1. The fraction of sp³-hybridized carbons (Fsp3) is 0. The molecular formula is C13H12N2O5. The van der Waals surface area contributed by atoms with Crippen molar-refractivity contribution in [2.45, 2.75) is 0 Å². The topological polar surface area (TPSA) is 117 Å². The van der Waals surface area contributed by atoms with E-state index in [1.54, 1.807) is 12.1 Å². The van der Waals surface area contributed by atoms with Gasteiger partial charge in [-0.3, -0.25) is 9.97 Å². The molecule has 7 heteroatoms. The molecule has 0 fully saturated rings. The van der Waals surface area contributed by atoms with Crippen LogP contribution >= 0.6 is 0 Å². The van der Waals surface area contributed by atoms with Crippen LogP contribution in [0.2, 0.25) is 0 Å². The van der Waals surface area contributed by atoms with Crippen molar-refractivity contribution in [3.63, 3.8) is 0 Å². The maximum atomic E-state index is 10.2. The quantitative estimate of drug-likeness (QED) is 0.850. The third-order valence-electron chi connectivity index (χ3n) is 1.82. The zero-order valence-electron chi connectivity index (χ0n) is 10.3. The molecule has 7 nitrogen and oxygen atoms in total. The predicted molar refractivity (Wildman–Crippen MR) is 69.5 cm³/mol. The van der Waals surface area contributed by atoms with Gasteiger partial charge in [0, 0.05) is 24.8 Å². The Bertz CT molecular complexity index is 481. The Morgan fingerprint density at radius 2 is 1.20 bits per heavy atom. The minimum absolute atomic E-state index is 0.220. The van der Waals surface area contributed by atoms with Crippen molar-refractivity contribution in [1.82, 2.24) is 9.97 Å². The molecule has 104 valence electrons. The van der Waals surface area contributed by atoms with Crippen molar-refractivity contribution in [3.05, 3.63) is 60.2 Å². The Kier molecular flexibility index (Phi) is 8.36. The number of aromatic carboxylic acids is 2. The van der Waals surface area contributed by atoms with Crippen LogP contribution in [0.4, 0.5) is 0 Å².